The number of benzene rings is 2. The van der Waals surface area contributed by atoms with Crippen LogP contribution in [0.15, 0.2) is 54.6 Å². The fraction of sp³-hybridized carbons (Fsp3) is 0.400. The maximum absolute atomic E-state index is 2.70. The van der Waals surface area contributed by atoms with Crippen LogP contribution < -0.4 is 4.90 Å². The molecule has 114 valence electrons. The van der Waals surface area contributed by atoms with Crippen molar-refractivity contribution in [3.05, 3.63) is 65.7 Å². The highest BCUT2D eigenvalue weighted by Gasteiger charge is 2.48. The van der Waals surface area contributed by atoms with Gasteiger partial charge in [0.2, 0.25) is 0 Å². The summed E-state index contributed by atoms with van der Waals surface area (Å²) in [6, 6.07) is 20.5. The predicted octanol–water partition coefficient (Wildman–Crippen LogP) is 4.23. The Balaban J connectivity index is 1.68. The zero-order chi connectivity index (χ0) is 15.1. The lowest BCUT2D eigenvalue weighted by molar-refractivity contribution is 0.189. The molecule has 2 heterocycles. The minimum atomic E-state index is 0.526. The first-order valence-corrected chi connectivity index (χ1v) is 8.45. The number of rotatable bonds is 3. The Morgan fingerprint density at radius 3 is 2.50 bits per heavy atom. The van der Waals surface area contributed by atoms with Crippen molar-refractivity contribution in [2.24, 2.45) is 0 Å². The Morgan fingerprint density at radius 2 is 1.73 bits per heavy atom. The Bertz CT molecular complexity index is 650. The highest BCUT2D eigenvalue weighted by Crippen LogP contribution is 2.49. The molecule has 2 aromatic carbocycles. The molecule has 22 heavy (non-hydrogen) atoms. The van der Waals surface area contributed by atoms with Gasteiger partial charge in [0.05, 0.1) is 6.17 Å². The van der Waals surface area contributed by atoms with E-state index >= 15 is 0 Å². The SMILES string of the molecule is CCN1c2ccccc2C2CC(C)N(Cc3ccccc3)[C@H]21. The van der Waals surface area contributed by atoms with Gasteiger partial charge in [-0.1, -0.05) is 48.5 Å². The molecule has 1 saturated heterocycles. The number of anilines is 1. The maximum Gasteiger partial charge on any atom is 0.0896 e. The van der Waals surface area contributed by atoms with E-state index < -0.39 is 0 Å². The first kappa shape index (κ1) is 13.8. The normalized spacial score (nSPS) is 27.0. The predicted molar refractivity (Wildman–Crippen MR) is 92.1 cm³/mol. The molecule has 2 aromatic rings. The molecule has 4 rings (SSSR count). The molecule has 0 bridgehead atoms. The third kappa shape index (κ3) is 2.05. The van der Waals surface area contributed by atoms with Crippen LogP contribution in [0.5, 0.6) is 0 Å². The Kier molecular flexibility index (Phi) is 3.42. The van der Waals surface area contributed by atoms with Crippen LogP contribution >= 0.6 is 0 Å². The second kappa shape index (κ2) is 5.44. The van der Waals surface area contributed by atoms with Gasteiger partial charge in [-0.3, -0.25) is 4.90 Å². The monoisotopic (exact) mass is 292 g/mol. The van der Waals surface area contributed by atoms with Crippen LogP contribution in [0.25, 0.3) is 0 Å². The van der Waals surface area contributed by atoms with Crippen molar-refractivity contribution in [2.75, 3.05) is 11.4 Å². The Hall–Kier alpha value is -1.80. The van der Waals surface area contributed by atoms with Crippen molar-refractivity contribution in [1.29, 1.82) is 0 Å². The van der Waals surface area contributed by atoms with Gasteiger partial charge in [0.15, 0.2) is 0 Å². The summed E-state index contributed by atoms with van der Waals surface area (Å²) < 4.78 is 0. The fourth-order valence-electron chi connectivity index (χ4n) is 4.41. The molecule has 2 unspecified atom stereocenters. The minimum Gasteiger partial charge on any atom is -0.355 e. The summed E-state index contributed by atoms with van der Waals surface area (Å²) in [6.45, 7) is 6.80. The van der Waals surface area contributed by atoms with Crippen molar-refractivity contribution >= 4 is 5.69 Å². The van der Waals surface area contributed by atoms with Gasteiger partial charge in [0, 0.05) is 30.7 Å². The molecular weight excluding hydrogens is 268 g/mol. The molecule has 0 radical (unpaired) electrons. The van der Waals surface area contributed by atoms with Crippen LogP contribution in [0.3, 0.4) is 0 Å². The summed E-state index contributed by atoms with van der Waals surface area (Å²) in [5, 5.41) is 0. The quantitative estimate of drug-likeness (QED) is 0.835. The molecule has 2 aliphatic rings. The van der Waals surface area contributed by atoms with Crippen molar-refractivity contribution in [3.63, 3.8) is 0 Å². The van der Waals surface area contributed by atoms with Crippen molar-refractivity contribution in [2.45, 2.75) is 44.9 Å². The summed E-state index contributed by atoms with van der Waals surface area (Å²) in [6.07, 6.45) is 1.79. The lowest BCUT2D eigenvalue weighted by Gasteiger charge is -2.35. The summed E-state index contributed by atoms with van der Waals surface area (Å²) in [7, 11) is 0. The molecule has 0 aromatic heterocycles. The molecule has 0 spiro atoms. The highest BCUT2D eigenvalue weighted by atomic mass is 15.4. The smallest absolute Gasteiger partial charge is 0.0896 e. The van der Waals surface area contributed by atoms with Crippen molar-refractivity contribution < 1.29 is 0 Å². The Morgan fingerprint density at radius 1 is 1.00 bits per heavy atom. The third-order valence-electron chi connectivity index (χ3n) is 5.37. The van der Waals surface area contributed by atoms with Gasteiger partial charge in [-0.2, -0.15) is 0 Å². The molecule has 2 heteroatoms. The molecular formula is C20H24N2. The number of para-hydroxylation sites is 1. The first-order chi connectivity index (χ1) is 10.8. The van der Waals surface area contributed by atoms with E-state index in [2.05, 4.69) is 78.2 Å². The van der Waals surface area contributed by atoms with E-state index in [4.69, 9.17) is 0 Å². The second-order valence-corrected chi connectivity index (χ2v) is 6.61. The average molecular weight is 292 g/mol. The number of likely N-dealkylation sites (N-methyl/N-ethyl adjacent to an activating group) is 1. The van der Waals surface area contributed by atoms with Crippen LogP contribution in [0.4, 0.5) is 5.69 Å². The number of likely N-dealkylation sites (tertiary alicyclic amines) is 1. The van der Waals surface area contributed by atoms with Gasteiger partial charge >= 0.3 is 0 Å². The maximum atomic E-state index is 2.70. The fourth-order valence-corrected chi connectivity index (χ4v) is 4.41. The van der Waals surface area contributed by atoms with Crippen LogP contribution in [0, 0.1) is 0 Å². The van der Waals surface area contributed by atoms with E-state index in [-0.39, 0.29) is 0 Å². The molecule has 0 saturated carbocycles. The van der Waals surface area contributed by atoms with Crippen molar-refractivity contribution in [3.8, 4) is 0 Å². The molecule has 1 fully saturated rings. The van der Waals surface area contributed by atoms with E-state index in [1.165, 1.54) is 17.7 Å². The topological polar surface area (TPSA) is 6.48 Å². The van der Waals surface area contributed by atoms with Crippen LogP contribution in [0.2, 0.25) is 0 Å². The van der Waals surface area contributed by atoms with Gasteiger partial charge in [-0.25, -0.2) is 0 Å². The molecule has 0 N–H and O–H groups in total. The number of hydrogen-bond donors (Lipinski definition) is 0. The van der Waals surface area contributed by atoms with Gasteiger partial charge in [0.1, 0.15) is 0 Å². The van der Waals surface area contributed by atoms with Gasteiger partial charge in [-0.15, -0.1) is 0 Å². The van der Waals surface area contributed by atoms with Crippen molar-refractivity contribution in [1.82, 2.24) is 4.90 Å². The summed E-state index contributed by atoms with van der Waals surface area (Å²) in [5.74, 6) is 0.662. The summed E-state index contributed by atoms with van der Waals surface area (Å²) in [5.41, 5.74) is 4.42. The zero-order valence-electron chi connectivity index (χ0n) is 13.4. The lowest BCUT2D eigenvalue weighted by Crippen LogP contribution is -2.45. The first-order valence-electron chi connectivity index (χ1n) is 8.45. The van der Waals surface area contributed by atoms with Gasteiger partial charge < -0.3 is 4.90 Å². The van der Waals surface area contributed by atoms with E-state index in [1.807, 2.05) is 0 Å². The van der Waals surface area contributed by atoms with Gasteiger partial charge in [0.25, 0.3) is 0 Å². The molecule has 0 aliphatic carbocycles. The number of fused-ring (bicyclic) bond motifs is 3. The molecule has 2 aliphatic heterocycles. The zero-order valence-corrected chi connectivity index (χ0v) is 13.4. The minimum absolute atomic E-state index is 0.526. The molecule has 2 nitrogen and oxygen atoms in total. The number of hydrogen-bond acceptors (Lipinski definition) is 2. The average Bonchev–Trinajstić information content (AvgIpc) is 3.03. The summed E-state index contributed by atoms with van der Waals surface area (Å²) in [4.78, 5) is 5.30. The second-order valence-electron chi connectivity index (χ2n) is 6.61. The third-order valence-corrected chi connectivity index (χ3v) is 5.37. The van der Waals surface area contributed by atoms with Crippen LogP contribution in [0.1, 0.15) is 37.3 Å². The van der Waals surface area contributed by atoms with Crippen LogP contribution in [-0.2, 0) is 6.54 Å². The van der Waals surface area contributed by atoms with Crippen LogP contribution in [-0.4, -0.2) is 23.7 Å². The van der Waals surface area contributed by atoms with E-state index in [0.717, 1.165) is 13.1 Å². The highest BCUT2D eigenvalue weighted by molar-refractivity contribution is 5.62. The standard InChI is InChI=1S/C20H24N2/c1-3-21-19-12-8-7-11-17(19)18-13-15(2)22(20(18)21)14-16-9-5-4-6-10-16/h4-12,15,18,20H,3,13-14H2,1-2H3/t15?,18?,20-/m1/s1. The lowest BCUT2D eigenvalue weighted by atomic mass is 9.97. The van der Waals surface area contributed by atoms with E-state index in [1.54, 1.807) is 5.56 Å². The largest absolute Gasteiger partial charge is 0.355 e. The van der Waals surface area contributed by atoms with E-state index in [0.29, 0.717) is 18.1 Å². The molecule has 3 atom stereocenters. The Labute approximate surface area is 133 Å². The van der Waals surface area contributed by atoms with Gasteiger partial charge in [-0.05, 0) is 37.5 Å². The molecule has 0 amide bonds. The summed E-state index contributed by atoms with van der Waals surface area (Å²) >= 11 is 0. The number of nitrogens with zero attached hydrogens (tertiary/aromatic N) is 2. The van der Waals surface area contributed by atoms with E-state index in [9.17, 15) is 0 Å².